The van der Waals surface area contributed by atoms with Gasteiger partial charge < -0.3 is 10.2 Å². The fraction of sp³-hybridized carbons (Fsp3) is 0. The first kappa shape index (κ1) is 3.28. The fourth-order valence-electron chi connectivity index (χ4n) is 0.243. The van der Waals surface area contributed by atoms with Crippen molar-refractivity contribution in [3.05, 3.63) is 18.6 Å². The molecule has 0 aliphatic carbocycles. The Morgan fingerprint density at radius 2 is 2.67 bits per heavy atom. The van der Waals surface area contributed by atoms with Crippen LogP contribution in [0.4, 0.5) is 5.69 Å². The van der Waals surface area contributed by atoms with Crippen molar-refractivity contribution in [3.63, 3.8) is 0 Å². The summed E-state index contributed by atoms with van der Waals surface area (Å²) in [6.45, 7) is 0. The topological polar surface area (TPSA) is 39.2 Å². The van der Waals surface area contributed by atoms with Gasteiger partial charge in [-0.3, -0.25) is 0 Å². The summed E-state index contributed by atoms with van der Waals surface area (Å²) in [7, 11) is 0. The number of anilines is 1. The lowest BCUT2D eigenvalue weighted by Crippen LogP contribution is -1.75. The maximum atomic E-state index is 5.13. The molecule has 0 unspecified atom stereocenters. The molecule has 1 aromatic heterocycles. The van der Waals surface area contributed by atoms with Gasteiger partial charge in [0, 0.05) is 6.07 Å². The fourth-order valence-corrected chi connectivity index (χ4v) is 0.243. The van der Waals surface area contributed by atoms with E-state index >= 15 is 0 Å². The van der Waals surface area contributed by atoms with Crippen molar-refractivity contribution >= 4 is 5.69 Å². The van der Waals surface area contributed by atoms with Crippen LogP contribution in [0.25, 0.3) is 0 Å². The molecule has 0 atom stereocenters. The molecule has 0 bridgehead atoms. The van der Waals surface area contributed by atoms with Gasteiger partial charge in [-0.05, 0) is 0 Å². The summed E-state index contributed by atoms with van der Waals surface area (Å²) in [5.74, 6) is 0. The van der Waals surface area contributed by atoms with Crippen LogP contribution in [-0.2, 0) is 0 Å². The summed E-state index contributed by atoms with van der Waals surface area (Å²) in [5.41, 5.74) is 5.68. The Bertz CT molecular complexity index is 111. The molecular weight excluding hydrogens is 78.0 g/mol. The monoisotopic (exact) mass is 82.0 g/mol. The van der Waals surface area contributed by atoms with Crippen LogP contribution in [0.2, 0.25) is 0 Å². The summed E-state index contributed by atoms with van der Waals surface area (Å²) in [5, 5.41) is 0. The van der Waals surface area contributed by atoms with Crippen molar-refractivity contribution in [2.45, 2.75) is 0 Å². The molecule has 2 heteroatoms. The van der Waals surface area contributed by atoms with Gasteiger partial charge in [0.15, 0.2) is 0 Å². The molecule has 2 N–H and O–H groups in total. The minimum atomic E-state index is 0.551. The number of hydrogen-bond donors (Lipinski definition) is 1. The van der Waals surface area contributed by atoms with Crippen molar-refractivity contribution in [2.24, 2.45) is 0 Å². The average Bonchev–Trinajstić information content (AvgIpc) is 1.86. The molecule has 0 fully saturated rings. The zero-order chi connectivity index (χ0) is 4.41. The Morgan fingerprint density at radius 3 is 2.83 bits per heavy atom. The maximum Gasteiger partial charge on any atom is 0.114 e. The van der Waals surface area contributed by atoms with Crippen LogP contribution in [-0.4, -0.2) is 0 Å². The van der Waals surface area contributed by atoms with E-state index in [2.05, 4.69) is 10.5 Å². The van der Waals surface area contributed by atoms with Gasteiger partial charge in [-0.15, -0.1) is 0 Å². The predicted molar refractivity (Wildman–Crippen MR) is 22.0 cm³/mol. The lowest BCUT2D eigenvalue weighted by molar-refractivity contribution is 0.568. The molecule has 0 aliphatic heterocycles. The molecule has 0 aromatic carbocycles. The Labute approximate surface area is 35.6 Å². The summed E-state index contributed by atoms with van der Waals surface area (Å²) in [4.78, 5) is 0. The highest BCUT2D eigenvalue weighted by atomic mass is 16.3. The van der Waals surface area contributed by atoms with Gasteiger partial charge in [-0.25, -0.2) is 0 Å². The number of furan rings is 1. The minimum Gasteiger partial charge on any atom is -0.470 e. The molecule has 1 aromatic rings. The largest absolute Gasteiger partial charge is 0.470 e. The van der Waals surface area contributed by atoms with E-state index in [0.717, 1.165) is 0 Å². The van der Waals surface area contributed by atoms with Gasteiger partial charge in [0.05, 0.1) is 5.69 Å². The molecule has 0 spiro atoms. The van der Waals surface area contributed by atoms with Gasteiger partial charge in [-0.2, -0.15) is 0 Å². The van der Waals surface area contributed by atoms with Crippen LogP contribution in [0.1, 0.15) is 0 Å². The first-order chi connectivity index (χ1) is 2.89. The second-order valence-corrected chi connectivity index (χ2v) is 0.971. The standard InChI is InChI=1S/C4H4NO/c5-4-1-2-6-3-4/h2-3H,5H2. The van der Waals surface area contributed by atoms with Crippen LogP contribution in [0.15, 0.2) is 16.9 Å². The maximum absolute atomic E-state index is 5.13. The summed E-state index contributed by atoms with van der Waals surface area (Å²) >= 11 is 0. The SMILES string of the molecule is Nc1[c]coc1. The van der Waals surface area contributed by atoms with Gasteiger partial charge in [0.2, 0.25) is 0 Å². The van der Waals surface area contributed by atoms with Crippen molar-refractivity contribution in [1.82, 2.24) is 0 Å². The van der Waals surface area contributed by atoms with E-state index in [1.165, 1.54) is 12.5 Å². The van der Waals surface area contributed by atoms with Crippen LogP contribution in [0, 0.1) is 6.07 Å². The quantitative estimate of drug-likeness (QED) is 0.499. The van der Waals surface area contributed by atoms with Crippen LogP contribution >= 0.6 is 0 Å². The second-order valence-electron chi connectivity index (χ2n) is 0.971. The highest BCUT2D eigenvalue weighted by Gasteiger charge is 1.77. The highest BCUT2D eigenvalue weighted by Crippen LogP contribution is 1.96. The lowest BCUT2D eigenvalue weighted by atomic mass is 10.6. The molecule has 1 heterocycles. The number of nitrogen functional groups attached to an aromatic ring is 1. The van der Waals surface area contributed by atoms with Crippen LogP contribution in [0.5, 0.6) is 0 Å². The first-order valence-electron chi connectivity index (χ1n) is 1.59. The predicted octanol–water partition coefficient (Wildman–Crippen LogP) is 0.662. The lowest BCUT2D eigenvalue weighted by Gasteiger charge is -1.66. The Kier molecular flexibility index (Phi) is 0.572. The molecule has 31 valence electrons. The molecule has 1 rings (SSSR count). The van der Waals surface area contributed by atoms with Crippen molar-refractivity contribution in [3.8, 4) is 0 Å². The Morgan fingerprint density at radius 1 is 1.83 bits per heavy atom. The molecule has 0 aliphatic rings. The van der Waals surface area contributed by atoms with E-state index in [0.29, 0.717) is 5.69 Å². The second kappa shape index (κ2) is 1.05. The molecule has 6 heavy (non-hydrogen) atoms. The van der Waals surface area contributed by atoms with E-state index in [9.17, 15) is 0 Å². The third-order valence-electron chi connectivity index (χ3n) is 0.489. The molecule has 0 saturated carbocycles. The van der Waals surface area contributed by atoms with E-state index in [4.69, 9.17) is 5.73 Å². The van der Waals surface area contributed by atoms with Crippen LogP contribution < -0.4 is 5.73 Å². The molecule has 0 saturated heterocycles. The first-order valence-corrected chi connectivity index (χ1v) is 1.59. The van der Waals surface area contributed by atoms with E-state index in [1.54, 1.807) is 0 Å². The number of rotatable bonds is 0. The molecule has 1 radical (unpaired) electrons. The zero-order valence-corrected chi connectivity index (χ0v) is 3.14. The smallest absolute Gasteiger partial charge is 0.114 e. The molecular formula is C4H4NO. The summed E-state index contributed by atoms with van der Waals surface area (Å²) in [6, 6.07) is 2.61. The number of nitrogens with two attached hydrogens (primary N) is 1. The van der Waals surface area contributed by atoms with Gasteiger partial charge in [-0.1, -0.05) is 0 Å². The van der Waals surface area contributed by atoms with E-state index < -0.39 is 0 Å². The highest BCUT2D eigenvalue weighted by molar-refractivity contribution is 5.29. The summed E-state index contributed by atoms with van der Waals surface area (Å²) in [6.07, 6.45) is 2.84. The van der Waals surface area contributed by atoms with Gasteiger partial charge >= 0.3 is 0 Å². The van der Waals surface area contributed by atoms with Gasteiger partial charge in [0.25, 0.3) is 0 Å². The normalized spacial score (nSPS) is 8.67. The van der Waals surface area contributed by atoms with Crippen molar-refractivity contribution in [1.29, 1.82) is 0 Å². The average molecular weight is 82.1 g/mol. The summed E-state index contributed by atoms with van der Waals surface area (Å²) < 4.78 is 4.53. The molecule has 2 nitrogen and oxygen atoms in total. The number of hydrogen-bond acceptors (Lipinski definition) is 2. The van der Waals surface area contributed by atoms with Crippen molar-refractivity contribution < 1.29 is 4.42 Å². The zero-order valence-electron chi connectivity index (χ0n) is 3.14. The van der Waals surface area contributed by atoms with Gasteiger partial charge in [0.1, 0.15) is 12.5 Å². The molecule has 0 amide bonds. The Hall–Kier alpha value is -0.920. The van der Waals surface area contributed by atoms with Crippen molar-refractivity contribution in [2.75, 3.05) is 5.73 Å². The van der Waals surface area contributed by atoms with E-state index in [-0.39, 0.29) is 0 Å². The van der Waals surface area contributed by atoms with E-state index in [1.807, 2.05) is 0 Å². The Balaban J connectivity index is 3.05. The van der Waals surface area contributed by atoms with Crippen LogP contribution in [0.3, 0.4) is 0 Å². The third-order valence-corrected chi connectivity index (χ3v) is 0.489. The third kappa shape index (κ3) is 0.360. The minimum absolute atomic E-state index is 0.551.